The van der Waals surface area contributed by atoms with Crippen molar-refractivity contribution in [3.63, 3.8) is 0 Å². The fourth-order valence-electron chi connectivity index (χ4n) is 2.82. The van der Waals surface area contributed by atoms with Crippen LogP contribution < -0.4 is 10.6 Å². The van der Waals surface area contributed by atoms with Crippen LogP contribution in [0.4, 0.5) is 4.79 Å². The van der Waals surface area contributed by atoms with Gasteiger partial charge in [-0.3, -0.25) is 9.59 Å². The van der Waals surface area contributed by atoms with Crippen molar-refractivity contribution in [1.82, 2.24) is 10.6 Å². The Morgan fingerprint density at radius 2 is 1.55 bits per heavy atom. The van der Waals surface area contributed by atoms with Crippen molar-refractivity contribution in [2.75, 3.05) is 6.54 Å². The van der Waals surface area contributed by atoms with Crippen LogP contribution in [0.3, 0.4) is 0 Å². The molecule has 7 heteroatoms. The van der Waals surface area contributed by atoms with Crippen molar-refractivity contribution in [2.45, 2.75) is 45.8 Å². The molecule has 2 rings (SSSR count). The smallest absolute Gasteiger partial charge is 0.408 e. The molecule has 0 aliphatic heterocycles. The number of benzene rings is 2. The lowest BCUT2D eigenvalue weighted by molar-refractivity contribution is -0.141. The minimum absolute atomic E-state index is 0.0341. The molecule has 0 spiro atoms. The van der Waals surface area contributed by atoms with E-state index in [1.54, 1.807) is 20.8 Å². The van der Waals surface area contributed by atoms with Gasteiger partial charge >= 0.3 is 12.1 Å². The second kappa shape index (κ2) is 10.6. The predicted octanol–water partition coefficient (Wildman–Crippen LogP) is 3.63. The molecule has 31 heavy (non-hydrogen) atoms. The lowest BCUT2D eigenvalue weighted by atomic mass is 10.00. The monoisotopic (exact) mass is 426 g/mol. The van der Waals surface area contributed by atoms with Gasteiger partial charge in [-0.05, 0) is 37.5 Å². The standard InChI is InChI=1S/C24H30N2O5/c1-16(22(28)29)15-25-21(27)20(26-23(30)31-24(2,3)4)14-17-10-12-19(13-11-17)18-8-6-5-7-9-18/h5-13,16,20H,14-15H2,1-4H3,(H,25,27)(H,26,30)(H,28,29)/t16-,20-/m0/s1. The lowest BCUT2D eigenvalue weighted by Crippen LogP contribution is -2.50. The number of rotatable bonds is 8. The Bertz CT molecular complexity index is 888. The lowest BCUT2D eigenvalue weighted by Gasteiger charge is -2.23. The fraction of sp³-hybridized carbons (Fsp3) is 0.375. The number of alkyl carbamates (subject to hydrolysis) is 1. The van der Waals surface area contributed by atoms with Crippen molar-refractivity contribution >= 4 is 18.0 Å². The summed E-state index contributed by atoms with van der Waals surface area (Å²) in [6, 6.07) is 16.7. The number of nitrogens with one attached hydrogen (secondary N) is 2. The van der Waals surface area contributed by atoms with Crippen LogP contribution in [-0.4, -0.2) is 41.3 Å². The third-order valence-electron chi connectivity index (χ3n) is 4.51. The maximum atomic E-state index is 12.7. The van der Waals surface area contributed by atoms with Crippen molar-refractivity contribution in [1.29, 1.82) is 0 Å². The van der Waals surface area contributed by atoms with Gasteiger partial charge in [-0.25, -0.2) is 4.79 Å². The zero-order valence-electron chi connectivity index (χ0n) is 18.3. The summed E-state index contributed by atoms with van der Waals surface area (Å²) in [6.45, 7) is 6.67. The highest BCUT2D eigenvalue weighted by Crippen LogP contribution is 2.20. The predicted molar refractivity (Wildman–Crippen MR) is 119 cm³/mol. The maximum Gasteiger partial charge on any atom is 0.408 e. The van der Waals surface area contributed by atoms with Crippen LogP contribution in [0.5, 0.6) is 0 Å². The van der Waals surface area contributed by atoms with Crippen LogP contribution >= 0.6 is 0 Å². The first-order chi connectivity index (χ1) is 14.5. The van der Waals surface area contributed by atoms with Gasteiger partial charge in [0, 0.05) is 13.0 Å². The van der Waals surface area contributed by atoms with Gasteiger partial charge < -0.3 is 20.5 Å². The summed E-state index contributed by atoms with van der Waals surface area (Å²) < 4.78 is 5.27. The number of ether oxygens (including phenoxy) is 1. The number of hydrogen-bond donors (Lipinski definition) is 3. The van der Waals surface area contributed by atoms with E-state index >= 15 is 0 Å². The van der Waals surface area contributed by atoms with Gasteiger partial charge in [0.25, 0.3) is 0 Å². The highest BCUT2D eigenvalue weighted by atomic mass is 16.6. The first-order valence-corrected chi connectivity index (χ1v) is 10.2. The van der Waals surface area contributed by atoms with Gasteiger partial charge in [0.05, 0.1) is 5.92 Å². The SMILES string of the molecule is C[C@@H](CNC(=O)[C@H](Cc1ccc(-c2ccccc2)cc1)NC(=O)OC(C)(C)C)C(=O)O. The molecule has 0 fully saturated rings. The number of carboxylic acids is 1. The van der Waals surface area contributed by atoms with Crippen LogP contribution in [0.1, 0.15) is 33.3 Å². The highest BCUT2D eigenvalue weighted by Gasteiger charge is 2.25. The summed E-state index contributed by atoms with van der Waals surface area (Å²) >= 11 is 0. The molecule has 2 aromatic carbocycles. The number of hydrogen-bond acceptors (Lipinski definition) is 4. The number of amides is 2. The van der Waals surface area contributed by atoms with Crippen molar-refractivity contribution < 1.29 is 24.2 Å². The summed E-state index contributed by atoms with van der Waals surface area (Å²) in [5.41, 5.74) is 2.26. The summed E-state index contributed by atoms with van der Waals surface area (Å²) in [5, 5.41) is 14.2. The minimum atomic E-state index is -1.01. The molecular formula is C24H30N2O5. The zero-order valence-corrected chi connectivity index (χ0v) is 18.3. The Balaban J connectivity index is 2.12. The molecule has 7 nitrogen and oxygen atoms in total. The van der Waals surface area contributed by atoms with Gasteiger partial charge in [0.2, 0.25) is 5.91 Å². The topological polar surface area (TPSA) is 105 Å². The summed E-state index contributed by atoms with van der Waals surface area (Å²) in [5.74, 6) is -2.21. The van der Waals surface area contributed by atoms with E-state index in [1.165, 1.54) is 6.92 Å². The zero-order chi connectivity index (χ0) is 23.0. The van der Waals surface area contributed by atoms with Crippen LogP contribution in [0.25, 0.3) is 11.1 Å². The second-order valence-corrected chi connectivity index (χ2v) is 8.45. The minimum Gasteiger partial charge on any atom is -0.481 e. The van der Waals surface area contributed by atoms with E-state index in [0.29, 0.717) is 0 Å². The number of carbonyl (C=O) groups is 3. The molecule has 166 valence electrons. The molecular weight excluding hydrogens is 396 g/mol. The average molecular weight is 427 g/mol. The second-order valence-electron chi connectivity index (χ2n) is 8.45. The van der Waals surface area contributed by atoms with Gasteiger partial charge in [-0.15, -0.1) is 0 Å². The summed E-state index contributed by atoms with van der Waals surface area (Å²) in [7, 11) is 0. The molecule has 0 radical (unpaired) electrons. The van der Waals surface area contributed by atoms with Crippen LogP contribution in [0.2, 0.25) is 0 Å². The van der Waals surface area contributed by atoms with Crippen molar-refractivity contribution in [3.05, 3.63) is 60.2 Å². The van der Waals surface area contributed by atoms with Gasteiger partial charge in [0.15, 0.2) is 0 Å². The summed E-state index contributed by atoms with van der Waals surface area (Å²) in [4.78, 5) is 35.9. The van der Waals surface area contributed by atoms with Crippen molar-refractivity contribution in [3.8, 4) is 11.1 Å². The number of carbonyl (C=O) groups excluding carboxylic acids is 2. The van der Waals surface area contributed by atoms with Gasteiger partial charge in [-0.1, -0.05) is 61.5 Å². The molecule has 0 saturated carbocycles. The average Bonchev–Trinajstić information content (AvgIpc) is 2.71. The van der Waals surface area contributed by atoms with E-state index in [0.717, 1.165) is 16.7 Å². The first-order valence-electron chi connectivity index (χ1n) is 10.2. The molecule has 0 aliphatic rings. The largest absolute Gasteiger partial charge is 0.481 e. The fourth-order valence-corrected chi connectivity index (χ4v) is 2.82. The van der Waals surface area contributed by atoms with E-state index in [2.05, 4.69) is 10.6 Å². The Kier molecular flexibility index (Phi) is 8.19. The number of aliphatic carboxylic acids is 1. The third kappa shape index (κ3) is 8.12. The van der Waals surface area contributed by atoms with Crippen LogP contribution in [0, 0.1) is 5.92 Å². The number of carboxylic acid groups (broad SMARTS) is 1. The Morgan fingerprint density at radius 3 is 2.10 bits per heavy atom. The molecule has 0 saturated heterocycles. The summed E-state index contributed by atoms with van der Waals surface area (Å²) in [6.07, 6.45) is -0.471. The Hall–Kier alpha value is -3.35. The molecule has 0 unspecified atom stereocenters. The van der Waals surface area contributed by atoms with E-state index in [9.17, 15) is 14.4 Å². The van der Waals surface area contributed by atoms with E-state index in [-0.39, 0.29) is 13.0 Å². The molecule has 0 heterocycles. The maximum absolute atomic E-state index is 12.7. The Labute approximate surface area is 182 Å². The molecule has 2 atom stereocenters. The molecule has 2 amide bonds. The van der Waals surface area contributed by atoms with E-state index in [1.807, 2.05) is 54.6 Å². The molecule has 0 aliphatic carbocycles. The molecule has 3 N–H and O–H groups in total. The highest BCUT2D eigenvalue weighted by molar-refractivity contribution is 5.86. The molecule has 0 aromatic heterocycles. The Morgan fingerprint density at radius 1 is 0.968 bits per heavy atom. The van der Waals surface area contributed by atoms with E-state index < -0.39 is 35.5 Å². The van der Waals surface area contributed by atoms with Crippen LogP contribution in [0.15, 0.2) is 54.6 Å². The van der Waals surface area contributed by atoms with Crippen LogP contribution in [-0.2, 0) is 20.7 Å². The van der Waals surface area contributed by atoms with Crippen molar-refractivity contribution in [2.24, 2.45) is 5.92 Å². The van der Waals surface area contributed by atoms with E-state index in [4.69, 9.17) is 9.84 Å². The first kappa shape index (κ1) is 23.9. The third-order valence-corrected chi connectivity index (χ3v) is 4.51. The quantitative estimate of drug-likeness (QED) is 0.598. The molecule has 0 bridgehead atoms. The normalized spacial score (nSPS) is 13.0. The van der Waals surface area contributed by atoms with Gasteiger partial charge in [0.1, 0.15) is 11.6 Å². The van der Waals surface area contributed by atoms with Gasteiger partial charge in [-0.2, -0.15) is 0 Å². The molecule has 2 aromatic rings.